The van der Waals surface area contributed by atoms with Crippen molar-refractivity contribution in [1.82, 2.24) is 9.80 Å². The number of hydrogen-bond acceptors (Lipinski definition) is 5. The third-order valence-corrected chi connectivity index (χ3v) is 5.29. The Morgan fingerprint density at radius 2 is 1.62 bits per heavy atom. The molecule has 2 amide bonds. The summed E-state index contributed by atoms with van der Waals surface area (Å²) in [5.41, 5.74) is 0.556. The van der Waals surface area contributed by atoms with E-state index in [9.17, 15) is 9.59 Å². The van der Waals surface area contributed by atoms with Crippen molar-refractivity contribution in [2.75, 3.05) is 40.4 Å². The van der Waals surface area contributed by atoms with Gasteiger partial charge in [0.2, 0.25) is 0 Å². The van der Waals surface area contributed by atoms with Crippen LogP contribution in [0.5, 0.6) is 11.5 Å². The van der Waals surface area contributed by atoms with E-state index in [1.165, 1.54) is 11.3 Å². The van der Waals surface area contributed by atoms with Crippen molar-refractivity contribution in [1.29, 1.82) is 0 Å². The first-order valence-electron chi connectivity index (χ1n) is 8.48. The number of amides is 2. The number of ether oxygens (including phenoxy) is 2. The standard InChI is InChI=1S/C19H22N2O4S/c1-24-15-7-6-14(13-16(15)25-2)18(22)20-8-4-9-21(11-10-20)19(23)17-5-3-12-26-17/h3,5-7,12-13H,4,8-11H2,1-2H3. The van der Waals surface area contributed by atoms with Crippen molar-refractivity contribution < 1.29 is 19.1 Å². The number of carbonyl (C=O) groups excluding carboxylic acids is 2. The van der Waals surface area contributed by atoms with Gasteiger partial charge in [0.05, 0.1) is 19.1 Å². The van der Waals surface area contributed by atoms with Crippen LogP contribution in [0.3, 0.4) is 0 Å². The van der Waals surface area contributed by atoms with Crippen molar-refractivity contribution in [3.05, 3.63) is 46.2 Å². The molecular weight excluding hydrogens is 352 g/mol. The number of methoxy groups -OCH3 is 2. The lowest BCUT2D eigenvalue weighted by Gasteiger charge is -2.22. The summed E-state index contributed by atoms with van der Waals surface area (Å²) >= 11 is 1.45. The van der Waals surface area contributed by atoms with Crippen molar-refractivity contribution in [3.63, 3.8) is 0 Å². The Morgan fingerprint density at radius 3 is 2.23 bits per heavy atom. The molecule has 3 rings (SSSR count). The lowest BCUT2D eigenvalue weighted by atomic mass is 10.1. The molecule has 0 spiro atoms. The zero-order valence-electron chi connectivity index (χ0n) is 14.9. The van der Waals surface area contributed by atoms with Gasteiger partial charge in [0.1, 0.15) is 0 Å². The van der Waals surface area contributed by atoms with E-state index in [4.69, 9.17) is 9.47 Å². The lowest BCUT2D eigenvalue weighted by molar-refractivity contribution is 0.0721. The van der Waals surface area contributed by atoms with Gasteiger partial charge in [-0.3, -0.25) is 9.59 Å². The highest BCUT2D eigenvalue weighted by atomic mass is 32.1. The van der Waals surface area contributed by atoms with Crippen LogP contribution < -0.4 is 9.47 Å². The Kier molecular flexibility index (Phi) is 5.78. The number of thiophene rings is 1. The summed E-state index contributed by atoms with van der Waals surface area (Å²) in [4.78, 5) is 29.7. The van der Waals surface area contributed by atoms with Crippen molar-refractivity contribution in [2.24, 2.45) is 0 Å². The minimum atomic E-state index is -0.0589. The van der Waals surface area contributed by atoms with Gasteiger partial charge in [-0.2, -0.15) is 0 Å². The average molecular weight is 374 g/mol. The summed E-state index contributed by atoms with van der Waals surface area (Å²) in [6.45, 7) is 2.34. The predicted molar refractivity (Wildman–Crippen MR) is 100 cm³/mol. The number of nitrogens with zero attached hydrogens (tertiary/aromatic N) is 2. The maximum absolute atomic E-state index is 12.9. The predicted octanol–water partition coefficient (Wildman–Crippen LogP) is 2.75. The highest BCUT2D eigenvalue weighted by Gasteiger charge is 2.24. The molecule has 1 aromatic carbocycles. The van der Waals surface area contributed by atoms with Crippen LogP contribution in [0.25, 0.3) is 0 Å². The molecule has 0 unspecified atom stereocenters. The zero-order valence-corrected chi connectivity index (χ0v) is 15.8. The molecule has 0 atom stereocenters. The van der Waals surface area contributed by atoms with Gasteiger partial charge in [0, 0.05) is 31.7 Å². The molecule has 26 heavy (non-hydrogen) atoms. The van der Waals surface area contributed by atoms with Gasteiger partial charge in [-0.25, -0.2) is 0 Å². The second kappa shape index (κ2) is 8.23. The summed E-state index contributed by atoms with van der Waals surface area (Å²) in [6, 6.07) is 8.88. The molecule has 0 saturated carbocycles. The Balaban J connectivity index is 1.69. The molecule has 1 saturated heterocycles. The third kappa shape index (κ3) is 3.83. The largest absolute Gasteiger partial charge is 0.493 e. The summed E-state index contributed by atoms with van der Waals surface area (Å²) in [5, 5.41) is 1.90. The Hall–Kier alpha value is -2.54. The molecule has 1 aromatic heterocycles. The van der Waals surface area contributed by atoms with Crippen LogP contribution in [-0.2, 0) is 0 Å². The molecule has 2 aromatic rings. The lowest BCUT2D eigenvalue weighted by Crippen LogP contribution is -2.37. The molecule has 0 bridgehead atoms. The minimum Gasteiger partial charge on any atom is -0.493 e. The fraction of sp³-hybridized carbons (Fsp3) is 0.368. The first kappa shape index (κ1) is 18.3. The van der Waals surface area contributed by atoms with Gasteiger partial charge in [-0.1, -0.05) is 6.07 Å². The molecular formula is C19H22N2O4S. The topological polar surface area (TPSA) is 59.1 Å². The van der Waals surface area contributed by atoms with Crippen LogP contribution in [0, 0.1) is 0 Å². The normalized spacial score (nSPS) is 14.7. The fourth-order valence-corrected chi connectivity index (χ4v) is 3.72. The third-order valence-electron chi connectivity index (χ3n) is 4.43. The Morgan fingerprint density at radius 1 is 0.923 bits per heavy atom. The van der Waals surface area contributed by atoms with E-state index in [0.717, 1.165) is 11.3 Å². The maximum Gasteiger partial charge on any atom is 0.263 e. The van der Waals surface area contributed by atoms with E-state index in [1.54, 1.807) is 37.3 Å². The molecule has 0 N–H and O–H groups in total. The average Bonchev–Trinajstić information content (AvgIpc) is 3.11. The van der Waals surface area contributed by atoms with Gasteiger partial charge in [0.15, 0.2) is 11.5 Å². The van der Waals surface area contributed by atoms with Crippen LogP contribution in [-0.4, -0.2) is 62.0 Å². The van der Waals surface area contributed by atoms with Crippen LogP contribution >= 0.6 is 11.3 Å². The number of carbonyl (C=O) groups is 2. The molecule has 0 aliphatic carbocycles. The van der Waals surface area contributed by atoms with Crippen LogP contribution in [0.1, 0.15) is 26.5 Å². The summed E-state index contributed by atoms with van der Waals surface area (Å²) in [5.74, 6) is 1.10. The summed E-state index contributed by atoms with van der Waals surface area (Å²) < 4.78 is 10.5. The first-order valence-corrected chi connectivity index (χ1v) is 9.36. The first-order chi connectivity index (χ1) is 12.6. The van der Waals surface area contributed by atoms with Crippen molar-refractivity contribution in [3.8, 4) is 11.5 Å². The molecule has 0 radical (unpaired) electrons. The van der Waals surface area contributed by atoms with Crippen LogP contribution in [0.2, 0.25) is 0 Å². The van der Waals surface area contributed by atoms with Crippen molar-refractivity contribution >= 4 is 23.2 Å². The van der Waals surface area contributed by atoms with Gasteiger partial charge in [-0.05, 0) is 36.1 Å². The number of rotatable bonds is 4. The summed E-state index contributed by atoms with van der Waals surface area (Å²) in [6.07, 6.45) is 0.760. The molecule has 1 fully saturated rings. The van der Waals surface area contributed by atoms with E-state index in [1.807, 2.05) is 22.4 Å². The highest BCUT2D eigenvalue weighted by molar-refractivity contribution is 7.12. The molecule has 1 aliphatic heterocycles. The molecule has 1 aliphatic rings. The van der Waals surface area contributed by atoms with E-state index in [0.29, 0.717) is 43.2 Å². The SMILES string of the molecule is COc1ccc(C(=O)N2CCCN(C(=O)c3cccs3)CC2)cc1OC. The van der Waals surface area contributed by atoms with Gasteiger partial charge in [-0.15, -0.1) is 11.3 Å². The van der Waals surface area contributed by atoms with Gasteiger partial charge >= 0.3 is 0 Å². The van der Waals surface area contributed by atoms with E-state index >= 15 is 0 Å². The second-order valence-electron chi connectivity index (χ2n) is 5.99. The smallest absolute Gasteiger partial charge is 0.263 e. The highest BCUT2D eigenvalue weighted by Crippen LogP contribution is 2.28. The molecule has 138 valence electrons. The Bertz CT molecular complexity index is 776. The maximum atomic E-state index is 12.9. The van der Waals surface area contributed by atoms with Crippen LogP contribution in [0.15, 0.2) is 35.7 Å². The Labute approximate surface area is 156 Å². The number of benzene rings is 1. The van der Waals surface area contributed by atoms with Crippen LogP contribution in [0.4, 0.5) is 0 Å². The van der Waals surface area contributed by atoms with E-state index < -0.39 is 0 Å². The number of hydrogen-bond donors (Lipinski definition) is 0. The van der Waals surface area contributed by atoms with Gasteiger partial charge in [0.25, 0.3) is 11.8 Å². The zero-order chi connectivity index (χ0) is 18.5. The fourth-order valence-electron chi connectivity index (χ4n) is 3.03. The minimum absolute atomic E-state index is 0.0421. The quantitative estimate of drug-likeness (QED) is 0.826. The van der Waals surface area contributed by atoms with E-state index in [2.05, 4.69) is 0 Å². The molecule has 2 heterocycles. The van der Waals surface area contributed by atoms with Gasteiger partial charge < -0.3 is 19.3 Å². The monoisotopic (exact) mass is 374 g/mol. The van der Waals surface area contributed by atoms with E-state index in [-0.39, 0.29) is 11.8 Å². The second-order valence-corrected chi connectivity index (χ2v) is 6.93. The molecule has 7 heteroatoms. The van der Waals surface area contributed by atoms with Crippen molar-refractivity contribution in [2.45, 2.75) is 6.42 Å². The molecule has 6 nitrogen and oxygen atoms in total. The summed E-state index contributed by atoms with van der Waals surface area (Å²) in [7, 11) is 3.11.